The molecule has 0 aliphatic carbocycles. The molecule has 2 rings (SSSR count). The van der Waals surface area contributed by atoms with Crippen LogP contribution in [0, 0.1) is 11.8 Å². The van der Waals surface area contributed by atoms with Crippen molar-refractivity contribution in [3.8, 4) is 0 Å². The fourth-order valence-corrected chi connectivity index (χ4v) is 2.48. The van der Waals surface area contributed by atoms with E-state index in [-0.39, 0.29) is 0 Å². The maximum atomic E-state index is 5.85. The van der Waals surface area contributed by atoms with Crippen LogP contribution in [0.2, 0.25) is 5.02 Å². The van der Waals surface area contributed by atoms with Crippen LogP contribution in [0.3, 0.4) is 0 Å². The van der Waals surface area contributed by atoms with E-state index in [0.29, 0.717) is 0 Å². The van der Waals surface area contributed by atoms with Gasteiger partial charge in [-0.25, -0.2) is 0 Å². The summed E-state index contributed by atoms with van der Waals surface area (Å²) in [6.07, 6.45) is 0. The Morgan fingerprint density at radius 3 is 2.35 bits per heavy atom. The Bertz CT molecular complexity index is 340. The van der Waals surface area contributed by atoms with Crippen LogP contribution in [0.25, 0.3) is 0 Å². The summed E-state index contributed by atoms with van der Waals surface area (Å²) in [5, 5.41) is 4.22. The number of likely N-dealkylation sites (tertiary alicyclic amines) is 1. The standard InChI is InChI=1S/C14H21ClN2/c1-11-9-17(10-12(11)2)8-7-16-14-5-3-13(15)4-6-14/h3-6,11-12,16H,7-10H2,1-2H3. The van der Waals surface area contributed by atoms with E-state index in [4.69, 9.17) is 11.6 Å². The second kappa shape index (κ2) is 5.74. The minimum Gasteiger partial charge on any atom is -0.384 e. The van der Waals surface area contributed by atoms with Crippen molar-refractivity contribution in [1.29, 1.82) is 0 Å². The molecule has 94 valence electrons. The molecular formula is C14H21ClN2. The molecule has 1 heterocycles. The number of hydrogen-bond donors (Lipinski definition) is 1. The SMILES string of the molecule is CC1CN(CCNc2ccc(Cl)cc2)CC1C. The van der Waals surface area contributed by atoms with Crippen molar-refractivity contribution in [3.05, 3.63) is 29.3 Å². The molecule has 0 saturated carbocycles. The molecule has 1 aromatic carbocycles. The van der Waals surface area contributed by atoms with Gasteiger partial charge in [-0.2, -0.15) is 0 Å². The van der Waals surface area contributed by atoms with E-state index < -0.39 is 0 Å². The van der Waals surface area contributed by atoms with E-state index in [9.17, 15) is 0 Å². The molecule has 1 fully saturated rings. The molecule has 1 aliphatic heterocycles. The summed E-state index contributed by atoms with van der Waals surface area (Å²) >= 11 is 5.85. The maximum Gasteiger partial charge on any atom is 0.0407 e. The Hall–Kier alpha value is -0.730. The van der Waals surface area contributed by atoms with E-state index in [1.54, 1.807) is 0 Å². The average molecular weight is 253 g/mol. The molecule has 0 aromatic heterocycles. The van der Waals surface area contributed by atoms with Crippen molar-refractivity contribution < 1.29 is 0 Å². The van der Waals surface area contributed by atoms with Crippen LogP contribution in [0.5, 0.6) is 0 Å². The van der Waals surface area contributed by atoms with Gasteiger partial charge in [0, 0.05) is 36.9 Å². The molecular weight excluding hydrogens is 232 g/mol. The highest BCUT2D eigenvalue weighted by Gasteiger charge is 2.25. The van der Waals surface area contributed by atoms with Crippen LogP contribution in [0.15, 0.2) is 24.3 Å². The first-order chi connectivity index (χ1) is 8.15. The lowest BCUT2D eigenvalue weighted by atomic mass is 10.0. The lowest BCUT2D eigenvalue weighted by Crippen LogP contribution is -2.27. The zero-order valence-corrected chi connectivity index (χ0v) is 11.4. The van der Waals surface area contributed by atoms with Crippen molar-refractivity contribution in [3.63, 3.8) is 0 Å². The molecule has 0 spiro atoms. The summed E-state index contributed by atoms with van der Waals surface area (Å²) in [5.74, 6) is 1.68. The third-order valence-corrected chi connectivity index (χ3v) is 3.92. The molecule has 1 saturated heterocycles. The molecule has 2 nitrogen and oxygen atoms in total. The number of nitrogens with zero attached hydrogens (tertiary/aromatic N) is 1. The number of rotatable bonds is 4. The number of nitrogens with one attached hydrogen (secondary N) is 1. The first-order valence-electron chi connectivity index (χ1n) is 6.37. The van der Waals surface area contributed by atoms with Gasteiger partial charge in [-0.05, 0) is 36.1 Å². The topological polar surface area (TPSA) is 15.3 Å². The van der Waals surface area contributed by atoms with Gasteiger partial charge in [0.1, 0.15) is 0 Å². The van der Waals surface area contributed by atoms with Gasteiger partial charge in [0.05, 0.1) is 0 Å². The molecule has 3 heteroatoms. The summed E-state index contributed by atoms with van der Waals surface area (Å²) in [5.41, 5.74) is 1.15. The first kappa shape index (κ1) is 12.7. The Balaban J connectivity index is 1.71. The third kappa shape index (κ3) is 3.62. The van der Waals surface area contributed by atoms with Crippen LogP contribution < -0.4 is 5.32 Å². The van der Waals surface area contributed by atoms with Gasteiger partial charge in [-0.15, -0.1) is 0 Å². The smallest absolute Gasteiger partial charge is 0.0407 e. The summed E-state index contributed by atoms with van der Waals surface area (Å²) in [6, 6.07) is 7.89. The lowest BCUT2D eigenvalue weighted by Gasteiger charge is -2.16. The minimum atomic E-state index is 0.790. The van der Waals surface area contributed by atoms with E-state index in [1.807, 2.05) is 24.3 Å². The van der Waals surface area contributed by atoms with Crippen LogP contribution in [-0.2, 0) is 0 Å². The van der Waals surface area contributed by atoms with Crippen LogP contribution >= 0.6 is 11.6 Å². The zero-order chi connectivity index (χ0) is 12.3. The molecule has 1 aliphatic rings. The second-order valence-corrected chi connectivity index (χ2v) is 5.58. The molecule has 2 atom stereocenters. The van der Waals surface area contributed by atoms with E-state index >= 15 is 0 Å². The lowest BCUT2D eigenvalue weighted by molar-refractivity contribution is 0.337. The Morgan fingerprint density at radius 2 is 1.76 bits per heavy atom. The highest BCUT2D eigenvalue weighted by molar-refractivity contribution is 6.30. The van der Waals surface area contributed by atoms with E-state index in [2.05, 4.69) is 24.1 Å². The number of benzene rings is 1. The Kier molecular flexibility index (Phi) is 4.30. The van der Waals surface area contributed by atoms with Gasteiger partial charge in [0.25, 0.3) is 0 Å². The van der Waals surface area contributed by atoms with Crippen molar-refractivity contribution in [1.82, 2.24) is 4.90 Å². The van der Waals surface area contributed by atoms with Gasteiger partial charge in [0.15, 0.2) is 0 Å². The maximum absolute atomic E-state index is 5.85. The summed E-state index contributed by atoms with van der Waals surface area (Å²) in [7, 11) is 0. The molecule has 0 bridgehead atoms. The zero-order valence-electron chi connectivity index (χ0n) is 10.6. The van der Waals surface area contributed by atoms with Crippen molar-refractivity contribution >= 4 is 17.3 Å². The van der Waals surface area contributed by atoms with Crippen LogP contribution in [0.4, 0.5) is 5.69 Å². The molecule has 1 N–H and O–H groups in total. The minimum absolute atomic E-state index is 0.790. The van der Waals surface area contributed by atoms with Crippen LogP contribution in [-0.4, -0.2) is 31.1 Å². The van der Waals surface area contributed by atoms with Crippen molar-refractivity contribution in [2.45, 2.75) is 13.8 Å². The summed E-state index contributed by atoms with van der Waals surface area (Å²) in [4.78, 5) is 2.54. The van der Waals surface area contributed by atoms with Crippen molar-refractivity contribution in [2.75, 3.05) is 31.5 Å². The molecule has 0 radical (unpaired) electrons. The number of halogens is 1. The fourth-order valence-electron chi connectivity index (χ4n) is 2.36. The third-order valence-electron chi connectivity index (χ3n) is 3.67. The quantitative estimate of drug-likeness (QED) is 0.884. The van der Waals surface area contributed by atoms with Crippen LogP contribution in [0.1, 0.15) is 13.8 Å². The molecule has 0 amide bonds. The number of hydrogen-bond acceptors (Lipinski definition) is 2. The molecule has 1 aromatic rings. The summed E-state index contributed by atoms with van der Waals surface area (Å²) < 4.78 is 0. The van der Waals surface area contributed by atoms with Gasteiger partial charge in [-0.3, -0.25) is 0 Å². The van der Waals surface area contributed by atoms with E-state index in [1.165, 1.54) is 13.1 Å². The van der Waals surface area contributed by atoms with E-state index in [0.717, 1.165) is 35.6 Å². The van der Waals surface area contributed by atoms with Crippen molar-refractivity contribution in [2.24, 2.45) is 11.8 Å². The molecule has 17 heavy (non-hydrogen) atoms. The predicted molar refractivity (Wildman–Crippen MR) is 74.7 cm³/mol. The van der Waals surface area contributed by atoms with Gasteiger partial charge >= 0.3 is 0 Å². The Morgan fingerprint density at radius 1 is 1.18 bits per heavy atom. The molecule has 2 unspecified atom stereocenters. The average Bonchev–Trinajstić information content (AvgIpc) is 2.61. The van der Waals surface area contributed by atoms with Gasteiger partial charge < -0.3 is 10.2 Å². The number of anilines is 1. The monoisotopic (exact) mass is 252 g/mol. The second-order valence-electron chi connectivity index (χ2n) is 5.15. The normalized spacial score (nSPS) is 25.1. The fraction of sp³-hybridized carbons (Fsp3) is 0.571. The van der Waals surface area contributed by atoms with Gasteiger partial charge in [-0.1, -0.05) is 25.4 Å². The highest BCUT2D eigenvalue weighted by atomic mass is 35.5. The highest BCUT2D eigenvalue weighted by Crippen LogP contribution is 2.21. The van der Waals surface area contributed by atoms with Gasteiger partial charge in [0.2, 0.25) is 0 Å². The largest absolute Gasteiger partial charge is 0.384 e. The predicted octanol–water partition coefficient (Wildman–Crippen LogP) is 3.34. The Labute approximate surface area is 109 Å². The summed E-state index contributed by atoms with van der Waals surface area (Å²) in [6.45, 7) is 9.29. The first-order valence-corrected chi connectivity index (χ1v) is 6.75.